The molecule has 2 heterocycles. The van der Waals surface area contributed by atoms with Gasteiger partial charge in [-0.2, -0.15) is 5.10 Å². The number of hydrogen-bond acceptors (Lipinski definition) is 4. The van der Waals surface area contributed by atoms with Gasteiger partial charge in [0.1, 0.15) is 12.1 Å². The molecule has 0 saturated carbocycles. The first-order valence-corrected chi connectivity index (χ1v) is 8.44. The van der Waals surface area contributed by atoms with Gasteiger partial charge in [0.25, 0.3) is 0 Å². The second kappa shape index (κ2) is 6.87. The second-order valence-corrected chi connectivity index (χ2v) is 6.15. The summed E-state index contributed by atoms with van der Waals surface area (Å²) in [5.41, 5.74) is 2.61. The van der Waals surface area contributed by atoms with Crippen LogP contribution in [0.1, 0.15) is 18.0 Å². The highest BCUT2D eigenvalue weighted by atomic mass is 16.5. The zero-order valence-electron chi connectivity index (χ0n) is 14.3. The summed E-state index contributed by atoms with van der Waals surface area (Å²) in [5, 5.41) is 10.1. The van der Waals surface area contributed by atoms with Crippen LogP contribution in [0.3, 0.4) is 0 Å². The number of anilines is 1. The molecule has 1 aliphatic heterocycles. The van der Waals surface area contributed by atoms with Gasteiger partial charge in [0, 0.05) is 30.3 Å². The minimum atomic E-state index is -0.240. The first-order valence-electron chi connectivity index (χ1n) is 8.44. The van der Waals surface area contributed by atoms with Crippen LogP contribution in [-0.2, 0) is 7.05 Å². The van der Waals surface area contributed by atoms with Crippen molar-refractivity contribution in [1.82, 2.24) is 20.1 Å². The van der Waals surface area contributed by atoms with Gasteiger partial charge in [-0.3, -0.25) is 4.68 Å². The summed E-state index contributed by atoms with van der Waals surface area (Å²) in [5.74, 6) is 1.48. The van der Waals surface area contributed by atoms with E-state index >= 15 is 0 Å². The fraction of sp³-hybridized carbons (Fsp3) is 0.211. The third kappa shape index (κ3) is 3.37. The van der Waals surface area contributed by atoms with Crippen LogP contribution in [-0.4, -0.2) is 27.4 Å². The summed E-state index contributed by atoms with van der Waals surface area (Å²) in [6, 6.07) is 14.9. The molecule has 7 nitrogen and oxygen atoms in total. The molecule has 3 aromatic rings. The molecule has 0 fully saturated rings. The van der Waals surface area contributed by atoms with Crippen molar-refractivity contribution in [2.75, 3.05) is 11.9 Å². The van der Waals surface area contributed by atoms with Gasteiger partial charge in [-0.25, -0.2) is 9.78 Å². The Morgan fingerprint density at radius 2 is 2.00 bits per heavy atom. The van der Waals surface area contributed by atoms with Crippen molar-refractivity contribution in [2.45, 2.75) is 12.5 Å². The fourth-order valence-corrected chi connectivity index (χ4v) is 2.99. The zero-order valence-corrected chi connectivity index (χ0v) is 14.3. The number of aromatic nitrogens is 3. The van der Waals surface area contributed by atoms with Gasteiger partial charge in [0.05, 0.1) is 12.6 Å². The average Bonchev–Trinajstić information content (AvgIpc) is 3.09. The van der Waals surface area contributed by atoms with Crippen LogP contribution in [0.25, 0.3) is 11.4 Å². The molecule has 1 unspecified atom stereocenters. The molecule has 0 spiro atoms. The van der Waals surface area contributed by atoms with Crippen LogP contribution in [0.15, 0.2) is 54.9 Å². The van der Waals surface area contributed by atoms with Gasteiger partial charge in [-0.15, -0.1) is 0 Å². The monoisotopic (exact) mass is 349 g/mol. The van der Waals surface area contributed by atoms with Gasteiger partial charge >= 0.3 is 6.03 Å². The largest absolute Gasteiger partial charge is 0.493 e. The number of urea groups is 1. The van der Waals surface area contributed by atoms with Gasteiger partial charge < -0.3 is 15.4 Å². The number of nitrogens with one attached hydrogen (secondary N) is 2. The minimum Gasteiger partial charge on any atom is -0.493 e. The van der Waals surface area contributed by atoms with E-state index in [2.05, 4.69) is 20.7 Å². The fourth-order valence-electron chi connectivity index (χ4n) is 2.99. The van der Waals surface area contributed by atoms with E-state index in [0.29, 0.717) is 18.1 Å². The van der Waals surface area contributed by atoms with E-state index in [1.165, 1.54) is 0 Å². The maximum atomic E-state index is 12.4. The highest BCUT2D eigenvalue weighted by Gasteiger charge is 2.22. The van der Waals surface area contributed by atoms with Gasteiger partial charge in [0.2, 0.25) is 0 Å². The van der Waals surface area contributed by atoms with E-state index in [9.17, 15) is 4.79 Å². The summed E-state index contributed by atoms with van der Waals surface area (Å²) >= 11 is 0. The number of nitrogens with zero attached hydrogens (tertiary/aromatic N) is 3. The van der Waals surface area contributed by atoms with Crippen molar-refractivity contribution in [2.24, 2.45) is 7.05 Å². The lowest BCUT2D eigenvalue weighted by Gasteiger charge is -2.26. The third-order valence-electron chi connectivity index (χ3n) is 4.26. The molecular formula is C19H19N5O2. The number of benzene rings is 2. The summed E-state index contributed by atoms with van der Waals surface area (Å²) in [7, 11) is 1.82. The maximum absolute atomic E-state index is 12.4. The maximum Gasteiger partial charge on any atom is 0.319 e. The number of hydrogen-bond donors (Lipinski definition) is 2. The minimum absolute atomic E-state index is 0.0584. The lowest BCUT2D eigenvalue weighted by Crippen LogP contribution is -2.35. The van der Waals surface area contributed by atoms with E-state index in [-0.39, 0.29) is 12.1 Å². The molecule has 1 aliphatic rings. The van der Waals surface area contributed by atoms with Crippen molar-refractivity contribution >= 4 is 11.7 Å². The molecule has 0 aliphatic carbocycles. The Hall–Kier alpha value is -3.35. The molecule has 0 radical (unpaired) electrons. The number of rotatable bonds is 3. The van der Waals surface area contributed by atoms with Crippen molar-refractivity contribution in [1.29, 1.82) is 0 Å². The highest BCUT2D eigenvalue weighted by molar-refractivity contribution is 5.89. The Labute approximate surface area is 151 Å². The molecule has 0 saturated heterocycles. The number of carbonyl (C=O) groups excluding carboxylic acids is 1. The summed E-state index contributed by atoms with van der Waals surface area (Å²) < 4.78 is 7.28. The van der Waals surface area contributed by atoms with Crippen molar-refractivity contribution < 1.29 is 9.53 Å². The van der Waals surface area contributed by atoms with Gasteiger partial charge in [-0.05, 0) is 30.3 Å². The summed E-state index contributed by atoms with van der Waals surface area (Å²) in [6.45, 7) is 0.591. The lowest BCUT2D eigenvalue weighted by molar-refractivity contribution is 0.232. The van der Waals surface area contributed by atoms with E-state index in [4.69, 9.17) is 4.74 Å². The normalized spacial score (nSPS) is 15.7. The molecular weight excluding hydrogens is 330 g/mol. The predicted octanol–water partition coefficient (Wildman–Crippen LogP) is 3.13. The predicted molar refractivity (Wildman–Crippen MR) is 97.9 cm³/mol. The number of para-hydroxylation sites is 1. The number of carbonyl (C=O) groups is 1. The Morgan fingerprint density at radius 1 is 1.19 bits per heavy atom. The quantitative estimate of drug-likeness (QED) is 0.761. The Morgan fingerprint density at radius 3 is 2.77 bits per heavy atom. The molecule has 2 aromatic carbocycles. The highest BCUT2D eigenvalue weighted by Crippen LogP contribution is 2.31. The SMILES string of the molecule is Cn1cnc(-c2ccc(NC(=O)NC3CCOc4ccccc43)cc2)n1. The van der Waals surface area contributed by atoms with Crippen molar-refractivity contribution in [3.63, 3.8) is 0 Å². The standard InChI is InChI=1S/C19H19N5O2/c1-24-12-20-18(23-24)13-6-8-14(9-7-13)21-19(25)22-16-10-11-26-17-5-3-2-4-15(16)17/h2-9,12,16H,10-11H2,1H3,(H2,21,22,25). The van der Waals surface area contributed by atoms with Crippen LogP contribution in [0.5, 0.6) is 5.75 Å². The number of aryl methyl sites for hydroxylation is 1. The molecule has 0 bridgehead atoms. The van der Waals surface area contributed by atoms with Crippen LogP contribution < -0.4 is 15.4 Å². The van der Waals surface area contributed by atoms with Crippen LogP contribution in [0.2, 0.25) is 0 Å². The molecule has 1 atom stereocenters. The van der Waals surface area contributed by atoms with E-state index in [1.807, 2.05) is 55.6 Å². The zero-order chi connectivity index (χ0) is 17.9. The molecule has 132 valence electrons. The van der Waals surface area contributed by atoms with E-state index in [0.717, 1.165) is 23.3 Å². The second-order valence-electron chi connectivity index (χ2n) is 6.15. The molecule has 7 heteroatoms. The summed E-state index contributed by atoms with van der Waals surface area (Å²) in [4.78, 5) is 16.6. The Balaban J connectivity index is 1.41. The lowest BCUT2D eigenvalue weighted by atomic mass is 10.0. The molecule has 2 N–H and O–H groups in total. The van der Waals surface area contributed by atoms with Crippen LogP contribution in [0.4, 0.5) is 10.5 Å². The first-order chi connectivity index (χ1) is 12.7. The van der Waals surface area contributed by atoms with Gasteiger partial charge in [0.15, 0.2) is 5.82 Å². The van der Waals surface area contributed by atoms with E-state index in [1.54, 1.807) is 11.0 Å². The van der Waals surface area contributed by atoms with Gasteiger partial charge in [-0.1, -0.05) is 18.2 Å². The van der Waals surface area contributed by atoms with Crippen LogP contribution >= 0.6 is 0 Å². The first kappa shape index (κ1) is 16.1. The van der Waals surface area contributed by atoms with Crippen molar-refractivity contribution in [3.8, 4) is 17.1 Å². The van der Waals surface area contributed by atoms with Crippen molar-refractivity contribution in [3.05, 3.63) is 60.4 Å². The number of ether oxygens (including phenoxy) is 1. The molecule has 1 aromatic heterocycles. The number of fused-ring (bicyclic) bond motifs is 1. The smallest absolute Gasteiger partial charge is 0.319 e. The van der Waals surface area contributed by atoms with Crippen LogP contribution in [0, 0.1) is 0 Å². The Kier molecular flexibility index (Phi) is 4.27. The van der Waals surface area contributed by atoms with E-state index < -0.39 is 0 Å². The summed E-state index contributed by atoms with van der Waals surface area (Å²) in [6.07, 6.45) is 2.40. The molecule has 26 heavy (non-hydrogen) atoms. The molecule has 2 amide bonds. The molecule has 4 rings (SSSR count). The average molecular weight is 349 g/mol. The Bertz CT molecular complexity index is 920. The topological polar surface area (TPSA) is 81.1 Å². The number of amides is 2. The third-order valence-corrected chi connectivity index (χ3v) is 4.26.